The van der Waals surface area contributed by atoms with Gasteiger partial charge in [-0.1, -0.05) is 19.8 Å². The number of hydrogen-bond acceptors (Lipinski definition) is 12. The first-order valence-electron chi connectivity index (χ1n) is 15.8. The Balaban J connectivity index is 1.35. The minimum atomic E-state index is -1.63. The molecule has 2 saturated heterocycles. The molecule has 3 aliphatic carbocycles. The molecule has 5 aliphatic rings. The second-order valence-electron chi connectivity index (χ2n) is 13.4. The number of aliphatic hydroxyl groups excluding tert-OH is 5. The Morgan fingerprint density at radius 1 is 0.905 bits per heavy atom. The molecule has 16 unspecified atom stereocenters. The number of carbonyl (C=O) groups is 2. The van der Waals surface area contributed by atoms with E-state index in [1.54, 1.807) is 7.11 Å². The number of aliphatic hydroxyl groups is 5. The third-order valence-corrected chi connectivity index (χ3v) is 11.0. The minimum Gasteiger partial charge on any atom is -0.394 e. The van der Waals surface area contributed by atoms with Gasteiger partial charge in [-0.05, 0) is 56.4 Å². The van der Waals surface area contributed by atoms with Crippen molar-refractivity contribution in [3.63, 3.8) is 0 Å². The third kappa shape index (κ3) is 6.09. The van der Waals surface area contributed by atoms with E-state index in [2.05, 4.69) is 5.32 Å². The highest BCUT2D eigenvalue weighted by Gasteiger charge is 2.61. The van der Waals surface area contributed by atoms with E-state index in [1.807, 2.05) is 6.92 Å². The number of carbonyl (C=O) groups excluding carboxylic acids is 2. The van der Waals surface area contributed by atoms with Crippen molar-refractivity contribution in [1.29, 1.82) is 0 Å². The molecule has 2 heterocycles. The lowest BCUT2D eigenvalue weighted by Gasteiger charge is -2.53. The van der Waals surface area contributed by atoms with E-state index in [9.17, 15) is 35.1 Å². The number of piperidine rings is 1. The van der Waals surface area contributed by atoms with Gasteiger partial charge in [-0.2, -0.15) is 0 Å². The SMILES string of the molecule is CCC1C(OC)CC(OC2OC(CO)C(O)C(O)C2O)C2C(=O)C3C(O)CC(CCC4CCC(N)NC4)CC3C(=O)C12. The summed E-state index contributed by atoms with van der Waals surface area (Å²) in [5.74, 6) is -2.73. The predicted octanol–water partition coefficient (Wildman–Crippen LogP) is -0.931. The molecule has 240 valence electrons. The number of fused-ring (bicyclic) bond motifs is 2. The molecule has 0 amide bonds. The molecule has 16 atom stereocenters. The molecule has 2 aliphatic heterocycles. The molecule has 5 fully saturated rings. The maximum atomic E-state index is 14.3. The van der Waals surface area contributed by atoms with Gasteiger partial charge >= 0.3 is 0 Å². The van der Waals surface area contributed by atoms with Crippen LogP contribution < -0.4 is 11.1 Å². The number of nitrogens with two attached hydrogens (primary N) is 1. The molecule has 0 spiro atoms. The van der Waals surface area contributed by atoms with Crippen LogP contribution in [0.25, 0.3) is 0 Å². The van der Waals surface area contributed by atoms with Gasteiger partial charge in [-0.3, -0.25) is 9.59 Å². The summed E-state index contributed by atoms with van der Waals surface area (Å²) in [6.07, 6.45) is -3.82. The summed E-state index contributed by atoms with van der Waals surface area (Å²) in [6, 6.07) is 0. The summed E-state index contributed by atoms with van der Waals surface area (Å²) >= 11 is 0. The molecule has 5 rings (SSSR count). The van der Waals surface area contributed by atoms with E-state index in [-0.39, 0.29) is 36.0 Å². The van der Waals surface area contributed by atoms with Gasteiger partial charge in [-0.25, -0.2) is 0 Å². The van der Waals surface area contributed by atoms with Crippen molar-refractivity contribution in [2.75, 3.05) is 20.3 Å². The average molecular weight is 599 g/mol. The van der Waals surface area contributed by atoms with E-state index in [0.29, 0.717) is 25.2 Å². The van der Waals surface area contributed by atoms with Gasteiger partial charge in [0, 0.05) is 25.4 Å². The molecule has 0 aromatic heterocycles. The fraction of sp³-hybridized carbons (Fsp3) is 0.933. The lowest BCUT2D eigenvalue weighted by atomic mass is 9.52. The first-order chi connectivity index (χ1) is 20.1. The van der Waals surface area contributed by atoms with Crippen molar-refractivity contribution >= 4 is 11.6 Å². The van der Waals surface area contributed by atoms with Crippen LogP contribution in [0.4, 0.5) is 0 Å². The lowest BCUT2D eigenvalue weighted by molar-refractivity contribution is -0.320. The van der Waals surface area contributed by atoms with Crippen molar-refractivity contribution in [2.24, 2.45) is 47.2 Å². The number of Topliss-reactive ketones (excluding diaryl/α,β-unsaturated/α-hetero) is 2. The molecular formula is C30H50N2O10. The van der Waals surface area contributed by atoms with E-state index < -0.39 is 79.3 Å². The van der Waals surface area contributed by atoms with Crippen LogP contribution in [0.2, 0.25) is 0 Å². The number of ether oxygens (including phenoxy) is 3. The number of hydrogen-bond donors (Lipinski definition) is 7. The number of nitrogens with one attached hydrogen (secondary N) is 1. The molecule has 12 heteroatoms. The van der Waals surface area contributed by atoms with Crippen LogP contribution in [0.1, 0.15) is 58.3 Å². The molecule has 0 aromatic carbocycles. The summed E-state index contributed by atoms with van der Waals surface area (Å²) in [4.78, 5) is 28.5. The Labute approximate surface area is 247 Å². The van der Waals surface area contributed by atoms with Crippen LogP contribution in [0.15, 0.2) is 0 Å². The van der Waals surface area contributed by atoms with Crippen LogP contribution >= 0.6 is 0 Å². The topological polar surface area (TPSA) is 201 Å². The lowest BCUT2D eigenvalue weighted by Crippen LogP contribution is -2.65. The Kier molecular flexibility index (Phi) is 10.4. The molecule has 0 bridgehead atoms. The zero-order valence-electron chi connectivity index (χ0n) is 24.7. The molecular weight excluding hydrogens is 548 g/mol. The summed E-state index contributed by atoms with van der Waals surface area (Å²) < 4.78 is 17.6. The fourth-order valence-electron chi connectivity index (χ4n) is 8.71. The van der Waals surface area contributed by atoms with Crippen molar-refractivity contribution < 1.29 is 49.3 Å². The Morgan fingerprint density at radius 3 is 2.29 bits per heavy atom. The second-order valence-corrected chi connectivity index (χ2v) is 13.4. The smallest absolute Gasteiger partial charge is 0.186 e. The van der Waals surface area contributed by atoms with Gasteiger partial charge in [0.05, 0.1) is 42.9 Å². The van der Waals surface area contributed by atoms with Crippen LogP contribution in [-0.4, -0.2) is 113 Å². The Morgan fingerprint density at radius 2 is 1.64 bits per heavy atom. The third-order valence-electron chi connectivity index (χ3n) is 11.0. The van der Waals surface area contributed by atoms with Crippen LogP contribution in [-0.2, 0) is 23.8 Å². The van der Waals surface area contributed by atoms with Crippen molar-refractivity contribution in [2.45, 2.75) is 113 Å². The van der Waals surface area contributed by atoms with Gasteiger partial charge in [0.2, 0.25) is 0 Å². The Hall–Kier alpha value is -1.06. The van der Waals surface area contributed by atoms with Gasteiger partial charge in [-0.15, -0.1) is 0 Å². The number of ketones is 2. The summed E-state index contributed by atoms with van der Waals surface area (Å²) in [6.45, 7) is 2.23. The maximum Gasteiger partial charge on any atom is 0.186 e. The zero-order valence-corrected chi connectivity index (χ0v) is 24.7. The van der Waals surface area contributed by atoms with Crippen molar-refractivity contribution in [1.82, 2.24) is 5.32 Å². The van der Waals surface area contributed by atoms with Crippen molar-refractivity contribution in [3.05, 3.63) is 0 Å². The Bertz CT molecular complexity index is 945. The van der Waals surface area contributed by atoms with Crippen LogP contribution in [0.3, 0.4) is 0 Å². The fourth-order valence-corrected chi connectivity index (χ4v) is 8.71. The first-order valence-corrected chi connectivity index (χ1v) is 15.8. The average Bonchev–Trinajstić information content (AvgIpc) is 2.98. The van der Waals surface area contributed by atoms with Crippen molar-refractivity contribution in [3.8, 4) is 0 Å². The summed E-state index contributed by atoms with van der Waals surface area (Å²) in [5.41, 5.74) is 5.96. The number of methoxy groups -OCH3 is 1. The largest absolute Gasteiger partial charge is 0.394 e. The minimum absolute atomic E-state index is 0.0327. The monoisotopic (exact) mass is 598 g/mol. The molecule has 0 aromatic rings. The van der Waals surface area contributed by atoms with Crippen LogP contribution in [0, 0.1) is 41.4 Å². The normalized spacial score (nSPS) is 49.8. The van der Waals surface area contributed by atoms with E-state index in [4.69, 9.17) is 19.9 Å². The second kappa shape index (κ2) is 13.5. The van der Waals surface area contributed by atoms with Gasteiger partial charge in [0.25, 0.3) is 0 Å². The molecule has 0 radical (unpaired) electrons. The standard InChI is InChI=1S/C30H50N2O10/c1-3-15-18(40-2)10-19(41-30-29(39)28(38)26(36)20(12-33)42-30)24-23(15)25(35)16-8-14(9-17(34)22(16)27(24)37)5-4-13-6-7-21(31)32-11-13/h13-24,26,28-30,32-34,36,38-39H,3-12,31H2,1-2H3. The highest BCUT2D eigenvalue weighted by molar-refractivity contribution is 6.00. The molecule has 3 saturated carbocycles. The quantitative estimate of drug-likeness (QED) is 0.181. The van der Waals surface area contributed by atoms with E-state index in [1.165, 1.54) is 0 Å². The summed E-state index contributed by atoms with van der Waals surface area (Å²) in [7, 11) is 1.56. The van der Waals surface area contributed by atoms with Gasteiger partial charge in [0.15, 0.2) is 6.29 Å². The maximum absolute atomic E-state index is 14.3. The highest BCUT2D eigenvalue weighted by atomic mass is 16.7. The highest BCUT2D eigenvalue weighted by Crippen LogP contribution is 2.52. The first kappa shape index (κ1) is 32.3. The van der Waals surface area contributed by atoms with E-state index >= 15 is 0 Å². The molecule has 42 heavy (non-hydrogen) atoms. The zero-order chi connectivity index (χ0) is 30.3. The molecule has 8 N–H and O–H groups in total. The van der Waals surface area contributed by atoms with Crippen LogP contribution in [0.5, 0.6) is 0 Å². The number of rotatable bonds is 8. The van der Waals surface area contributed by atoms with Gasteiger partial charge < -0.3 is 50.8 Å². The van der Waals surface area contributed by atoms with E-state index in [0.717, 1.165) is 32.2 Å². The predicted molar refractivity (Wildman–Crippen MR) is 148 cm³/mol. The molecule has 12 nitrogen and oxygen atoms in total. The van der Waals surface area contributed by atoms with Gasteiger partial charge in [0.1, 0.15) is 36.0 Å². The summed E-state index contributed by atoms with van der Waals surface area (Å²) in [5, 5.41) is 55.4.